The first-order valence-corrected chi connectivity index (χ1v) is 6.14. The number of hydrogen-bond donors (Lipinski definition) is 1. The number of aryl methyl sites for hydroxylation is 1. The van der Waals surface area contributed by atoms with E-state index in [2.05, 4.69) is 24.9 Å². The summed E-state index contributed by atoms with van der Waals surface area (Å²) in [5.74, 6) is 0. The van der Waals surface area contributed by atoms with Crippen molar-refractivity contribution in [3.63, 3.8) is 0 Å². The highest BCUT2D eigenvalue weighted by Crippen LogP contribution is 2.41. The van der Waals surface area contributed by atoms with Crippen LogP contribution in [0.15, 0.2) is 17.7 Å². The number of rotatable bonds is 1. The molecular weight excluding hydrogens is 206 g/mol. The zero-order valence-electron chi connectivity index (χ0n) is 9.45. The molecule has 3 heteroatoms. The van der Waals surface area contributed by atoms with E-state index >= 15 is 0 Å². The molecule has 0 bridgehead atoms. The lowest BCUT2D eigenvalue weighted by Crippen LogP contribution is -2.29. The van der Waals surface area contributed by atoms with Gasteiger partial charge in [-0.25, -0.2) is 4.98 Å². The Balaban J connectivity index is 2.35. The average Bonchev–Trinajstić information content (AvgIpc) is 2.58. The van der Waals surface area contributed by atoms with Crippen LogP contribution in [0.25, 0.3) is 0 Å². The number of allylic oxidation sites excluding steroid dienone is 1. The van der Waals surface area contributed by atoms with Gasteiger partial charge in [0.15, 0.2) is 0 Å². The maximum absolute atomic E-state index is 10.5. The van der Waals surface area contributed by atoms with Crippen LogP contribution < -0.4 is 0 Å². The van der Waals surface area contributed by atoms with Crippen LogP contribution in [0.1, 0.15) is 37.3 Å². The Morgan fingerprint density at radius 1 is 1.33 bits per heavy atom. The van der Waals surface area contributed by atoms with Crippen molar-refractivity contribution in [1.29, 1.82) is 0 Å². The largest absolute Gasteiger partial charge is 0.380 e. The first kappa shape index (κ1) is 10.8. The van der Waals surface area contributed by atoms with Gasteiger partial charge in [0.05, 0.1) is 16.1 Å². The van der Waals surface area contributed by atoms with E-state index < -0.39 is 5.60 Å². The summed E-state index contributed by atoms with van der Waals surface area (Å²) in [7, 11) is 0. The van der Waals surface area contributed by atoms with E-state index in [0.717, 1.165) is 23.4 Å². The Hall–Kier alpha value is -0.670. The topological polar surface area (TPSA) is 33.1 Å². The van der Waals surface area contributed by atoms with Crippen LogP contribution in [0.3, 0.4) is 0 Å². The minimum absolute atomic E-state index is 0.213. The lowest BCUT2D eigenvalue weighted by molar-refractivity contribution is 0.0609. The summed E-state index contributed by atoms with van der Waals surface area (Å²) >= 11 is 1.54. The van der Waals surface area contributed by atoms with E-state index in [1.165, 1.54) is 0 Å². The van der Waals surface area contributed by atoms with Crippen LogP contribution in [-0.2, 0) is 5.60 Å². The molecule has 1 heterocycles. The quantitative estimate of drug-likeness (QED) is 0.742. The molecule has 0 aromatic carbocycles. The number of hydrogen-bond acceptors (Lipinski definition) is 3. The molecule has 0 radical (unpaired) electrons. The monoisotopic (exact) mass is 223 g/mol. The third kappa shape index (κ3) is 1.99. The Bertz CT molecular complexity index is 394. The number of aliphatic hydroxyl groups is 1. The first-order chi connectivity index (χ1) is 6.93. The maximum Gasteiger partial charge on any atom is 0.119 e. The molecule has 1 aromatic heterocycles. The van der Waals surface area contributed by atoms with E-state index in [9.17, 15) is 5.11 Å². The van der Waals surface area contributed by atoms with Gasteiger partial charge in [-0.05, 0) is 25.2 Å². The van der Waals surface area contributed by atoms with E-state index in [1.54, 1.807) is 16.8 Å². The molecule has 0 saturated carbocycles. The molecule has 0 amide bonds. The van der Waals surface area contributed by atoms with Crippen LogP contribution >= 0.6 is 11.3 Å². The minimum Gasteiger partial charge on any atom is -0.380 e. The smallest absolute Gasteiger partial charge is 0.119 e. The Labute approximate surface area is 94.7 Å². The van der Waals surface area contributed by atoms with Crippen molar-refractivity contribution < 1.29 is 5.11 Å². The summed E-state index contributed by atoms with van der Waals surface area (Å²) in [6, 6.07) is 0. The van der Waals surface area contributed by atoms with E-state index in [-0.39, 0.29) is 5.41 Å². The third-order valence-corrected chi connectivity index (χ3v) is 4.19. The van der Waals surface area contributed by atoms with Crippen molar-refractivity contribution in [2.24, 2.45) is 5.41 Å². The molecule has 82 valence electrons. The van der Waals surface area contributed by atoms with Crippen molar-refractivity contribution in [2.75, 3.05) is 0 Å². The minimum atomic E-state index is -0.777. The SMILES string of the molecule is Cc1ncsc1C1(O)C=CC(C)(C)CC1. The molecule has 0 aliphatic heterocycles. The van der Waals surface area contributed by atoms with Gasteiger partial charge in [0, 0.05) is 0 Å². The van der Waals surface area contributed by atoms with Gasteiger partial charge in [0.1, 0.15) is 5.60 Å². The number of thiazole rings is 1. The van der Waals surface area contributed by atoms with E-state index in [0.29, 0.717) is 0 Å². The summed E-state index contributed by atoms with van der Waals surface area (Å²) < 4.78 is 0. The second kappa shape index (κ2) is 3.42. The first-order valence-electron chi connectivity index (χ1n) is 5.26. The molecule has 1 N–H and O–H groups in total. The Kier molecular flexibility index (Phi) is 2.47. The normalized spacial score (nSPS) is 29.3. The molecule has 1 aliphatic carbocycles. The van der Waals surface area contributed by atoms with Crippen LogP contribution in [0, 0.1) is 12.3 Å². The molecule has 1 aliphatic rings. The average molecular weight is 223 g/mol. The molecule has 0 saturated heterocycles. The van der Waals surface area contributed by atoms with Crippen molar-refractivity contribution in [1.82, 2.24) is 4.98 Å². The van der Waals surface area contributed by atoms with Gasteiger partial charge in [-0.3, -0.25) is 0 Å². The lowest BCUT2D eigenvalue weighted by atomic mass is 9.76. The summed E-state index contributed by atoms with van der Waals surface area (Å²) in [5, 5.41) is 10.5. The van der Waals surface area contributed by atoms with Gasteiger partial charge < -0.3 is 5.11 Å². The van der Waals surface area contributed by atoms with Gasteiger partial charge in [0.25, 0.3) is 0 Å². The summed E-state index contributed by atoms with van der Waals surface area (Å²) in [6.45, 7) is 6.35. The van der Waals surface area contributed by atoms with Gasteiger partial charge in [-0.1, -0.05) is 26.0 Å². The zero-order valence-corrected chi connectivity index (χ0v) is 10.3. The Morgan fingerprint density at radius 3 is 2.53 bits per heavy atom. The van der Waals surface area contributed by atoms with Crippen LogP contribution in [-0.4, -0.2) is 10.1 Å². The predicted molar refractivity (Wildman–Crippen MR) is 62.9 cm³/mol. The van der Waals surface area contributed by atoms with Crippen LogP contribution in [0.2, 0.25) is 0 Å². The van der Waals surface area contributed by atoms with Gasteiger partial charge in [0.2, 0.25) is 0 Å². The molecule has 1 aromatic rings. The van der Waals surface area contributed by atoms with Gasteiger partial charge in [-0.15, -0.1) is 11.3 Å². The molecular formula is C12H17NOS. The predicted octanol–water partition coefficient (Wildman–Crippen LogP) is 3.02. The van der Waals surface area contributed by atoms with Crippen LogP contribution in [0.5, 0.6) is 0 Å². The highest BCUT2D eigenvalue weighted by Gasteiger charge is 2.35. The molecule has 2 nitrogen and oxygen atoms in total. The fraction of sp³-hybridized carbons (Fsp3) is 0.583. The molecule has 15 heavy (non-hydrogen) atoms. The molecule has 1 unspecified atom stereocenters. The highest BCUT2D eigenvalue weighted by molar-refractivity contribution is 7.09. The maximum atomic E-state index is 10.5. The van der Waals surface area contributed by atoms with E-state index in [4.69, 9.17) is 0 Å². The summed E-state index contributed by atoms with van der Waals surface area (Å²) in [5.41, 5.74) is 2.19. The third-order valence-electron chi connectivity index (χ3n) is 3.10. The number of aromatic nitrogens is 1. The summed E-state index contributed by atoms with van der Waals surface area (Å²) in [6.07, 6.45) is 5.86. The van der Waals surface area contributed by atoms with Crippen molar-refractivity contribution in [2.45, 2.75) is 39.2 Å². The Morgan fingerprint density at radius 2 is 2.07 bits per heavy atom. The molecule has 0 spiro atoms. The lowest BCUT2D eigenvalue weighted by Gasteiger charge is -2.34. The van der Waals surface area contributed by atoms with Gasteiger partial charge >= 0.3 is 0 Å². The van der Waals surface area contributed by atoms with Crippen molar-refractivity contribution in [3.8, 4) is 0 Å². The van der Waals surface area contributed by atoms with Crippen molar-refractivity contribution in [3.05, 3.63) is 28.2 Å². The van der Waals surface area contributed by atoms with E-state index in [1.807, 2.05) is 13.0 Å². The van der Waals surface area contributed by atoms with Crippen molar-refractivity contribution >= 4 is 11.3 Å². The zero-order chi connectivity index (χ0) is 11.1. The second-order valence-electron chi connectivity index (χ2n) is 5.01. The molecule has 1 atom stereocenters. The summed E-state index contributed by atoms with van der Waals surface area (Å²) in [4.78, 5) is 5.19. The molecule has 2 rings (SSSR count). The van der Waals surface area contributed by atoms with Gasteiger partial charge in [-0.2, -0.15) is 0 Å². The fourth-order valence-corrected chi connectivity index (χ4v) is 2.86. The molecule has 0 fully saturated rings. The highest BCUT2D eigenvalue weighted by atomic mass is 32.1. The second-order valence-corrected chi connectivity index (χ2v) is 5.87. The fourth-order valence-electron chi connectivity index (χ4n) is 1.95. The standard InChI is InChI=1S/C12H17NOS/c1-9-10(15-8-13-9)12(14)6-4-11(2,3)5-7-12/h4,6,8,14H,5,7H2,1-3H3. The van der Waals surface area contributed by atoms with Crippen LogP contribution in [0.4, 0.5) is 0 Å². The number of nitrogens with zero attached hydrogens (tertiary/aromatic N) is 1.